The van der Waals surface area contributed by atoms with E-state index in [2.05, 4.69) is 15.6 Å². The Kier molecular flexibility index (Phi) is 6.94. The lowest BCUT2D eigenvalue weighted by atomic mass is 10.2. The lowest BCUT2D eigenvalue weighted by Crippen LogP contribution is -2.30. The molecule has 0 aliphatic rings. The molecule has 2 aromatic carbocycles. The van der Waals surface area contributed by atoms with Gasteiger partial charge in [-0.1, -0.05) is 29.3 Å². The van der Waals surface area contributed by atoms with Crippen LogP contribution in [-0.4, -0.2) is 33.8 Å². The number of carbonyl (C=O) groups excluding carboxylic acids is 1. The van der Waals surface area contributed by atoms with Crippen molar-refractivity contribution < 1.29 is 9.90 Å². The van der Waals surface area contributed by atoms with Crippen molar-refractivity contribution in [1.29, 1.82) is 0 Å². The quantitative estimate of drug-likeness (QED) is 0.430. The monoisotopic (exact) mass is 449 g/mol. The van der Waals surface area contributed by atoms with Crippen LogP contribution in [0.4, 0.5) is 10.5 Å². The number of nitrogens with one attached hydrogen (secondary N) is 2. The van der Waals surface area contributed by atoms with Gasteiger partial charge in [-0.25, -0.2) is 9.78 Å². The van der Waals surface area contributed by atoms with Crippen LogP contribution in [0.2, 0.25) is 10.0 Å². The Bertz CT molecular complexity index is 1150. The number of urea groups is 1. The zero-order valence-corrected chi connectivity index (χ0v) is 17.7. The highest BCUT2D eigenvalue weighted by atomic mass is 35.5. The smallest absolute Gasteiger partial charge is 0.319 e. The van der Waals surface area contributed by atoms with Crippen LogP contribution in [0.1, 0.15) is 25.2 Å². The third kappa shape index (κ3) is 4.57. The van der Waals surface area contributed by atoms with Gasteiger partial charge in [-0.15, -0.1) is 0 Å². The molecule has 0 fully saturated rings. The van der Waals surface area contributed by atoms with Gasteiger partial charge in [0.2, 0.25) is 0 Å². The minimum atomic E-state index is -0.574. The Hall–Kier alpha value is -2.65. The maximum atomic E-state index is 13.3. The van der Waals surface area contributed by atoms with Gasteiger partial charge in [0.05, 0.1) is 32.7 Å². The molecule has 3 rings (SSSR count). The van der Waals surface area contributed by atoms with Gasteiger partial charge >= 0.3 is 6.03 Å². The molecule has 1 aromatic heterocycles. The number of aliphatic hydroxyl groups is 1. The first-order valence-corrected chi connectivity index (χ1v) is 10.0. The molecular weight excluding hydrogens is 429 g/mol. The van der Waals surface area contributed by atoms with Crippen molar-refractivity contribution in [1.82, 2.24) is 14.9 Å². The molecule has 1 atom stereocenters. The van der Waals surface area contributed by atoms with Crippen LogP contribution in [0, 0.1) is 0 Å². The summed E-state index contributed by atoms with van der Waals surface area (Å²) in [5.74, 6) is 0.307. The number of benzene rings is 2. The van der Waals surface area contributed by atoms with Crippen molar-refractivity contribution >= 4 is 45.8 Å². The van der Waals surface area contributed by atoms with E-state index in [4.69, 9.17) is 34.0 Å². The zero-order valence-electron chi connectivity index (χ0n) is 16.2. The van der Waals surface area contributed by atoms with Crippen LogP contribution >= 0.6 is 23.2 Å². The molecule has 1 heterocycles. The fourth-order valence-corrected chi connectivity index (χ4v) is 3.40. The number of halogens is 2. The summed E-state index contributed by atoms with van der Waals surface area (Å²) >= 11 is 12.5. The summed E-state index contributed by atoms with van der Waals surface area (Å²) in [5, 5.41) is 14.8. The number of nitrogens with zero attached hydrogens (tertiary/aromatic N) is 2. The molecule has 0 saturated carbocycles. The second-order valence-corrected chi connectivity index (χ2v) is 7.47. The van der Waals surface area contributed by atoms with E-state index in [1.165, 1.54) is 4.57 Å². The van der Waals surface area contributed by atoms with E-state index in [9.17, 15) is 9.59 Å². The molecule has 5 N–H and O–H groups in total. The largest absolute Gasteiger partial charge is 0.396 e. The lowest BCUT2D eigenvalue weighted by Gasteiger charge is -2.17. The molecular formula is C20H21Cl2N5O3. The van der Waals surface area contributed by atoms with Crippen molar-refractivity contribution in [2.45, 2.75) is 19.4 Å². The van der Waals surface area contributed by atoms with E-state index in [0.29, 0.717) is 35.2 Å². The van der Waals surface area contributed by atoms with Crippen LogP contribution in [0.5, 0.6) is 0 Å². The van der Waals surface area contributed by atoms with Gasteiger partial charge < -0.3 is 21.5 Å². The molecule has 0 aliphatic heterocycles. The van der Waals surface area contributed by atoms with E-state index in [-0.39, 0.29) is 22.5 Å². The fourth-order valence-electron chi connectivity index (χ4n) is 2.97. The topological polar surface area (TPSA) is 122 Å². The third-order valence-corrected chi connectivity index (χ3v) is 4.96. The average molecular weight is 450 g/mol. The van der Waals surface area contributed by atoms with Gasteiger partial charge in [0.15, 0.2) is 0 Å². The third-order valence-electron chi connectivity index (χ3n) is 4.34. The molecule has 2 amide bonds. The molecule has 158 valence electrons. The highest BCUT2D eigenvalue weighted by Crippen LogP contribution is 2.28. The number of fused-ring (bicyclic) bond motifs is 1. The first kappa shape index (κ1) is 22.0. The number of rotatable bonds is 6. The summed E-state index contributed by atoms with van der Waals surface area (Å²) in [6, 6.07) is 8.83. The Morgan fingerprint density at radius 3 is 2.70 bits per heavy atom. The van der Waals surface area contributed by atoms with Crippen LogP contribution in [-0.2, 0) is 0 Å². The van der Waals surface area contributed by atoms with E-state index < -0.39 is 17.6 Å². The van der Waals surface area contributed by atoms with Crippen LogP contribution in [0.3, 0.4) is 0 Å². The normalized spacial score (nSPS) is 12.0. The number of amides is 2. The SMILES string of the molecule is C[C@H](N)c1nc2c(Cl)ccc(Cl)c2c(=O)n1-c1cccc(NC(=O)NCCCO)c1. The molecule has 0 spiro atoms. The summed E-state index contributed by atoms with van der Waals surface area (Å²) in [4.78, 5) is 29.8. The standard InChI is InChI=1S/C20H21Cl2N5O3/c1-11(23)18-26-17-15(22)7-6-14(21)16(17)19(29)27(18)13-5-2-4-12(10-13)25-20(30)24-8-3-9-28/h2,4-7,10-11,28H,3,8-9,23H2,1H3,(H2,24,25,30)/t11-/m0/s1. The van der Waals surface area contributed by atoms with E-state index >= 15 is 0 Å². The summed E-state index contributed by atoms with van der Waals surface area (Å²) in [6.45, 7) is 2.03. The molecule has 30 heavy (non-hydrogen) atoms. The molecule has 0 aliphatic carbocycles. The average Bonchev–Trinajstić information content (AvgIpc) is 2.70. The molecule has 0 unspecified atom stereocenters. The van der Waals surface area contributed by atoms with Crippen molar-refractivity contribution in [2.75, 3.05) is 18.5 Å². The number of hydrogen-bond donors (Lipinski definition) is 4. The highest BCUT2D eigenvalue weighted by Gasteiger charge is 2.19. The number of hydrogen-bond acceptors (Lipinski definition) is 5. The molecule has 10 heteroatoms. The Balaban J connectivity index is 2.09. The number of aliphatic hydroxyl groups excluding tert-OH is 1. The minimum Gasteiger partial charge on any atom is -0.396 e. The number of anilines is 1. The van der Waals surface area contributed by atoms with E-state index in [0.717, 1.165) is 0 Å². The number of carbonyl (C=O) groups is 1. The van der Waals surface area contributed by atoms with Crippen molar-refractivity contribution in [2.24, 2.45) is 5.73 Å². The van der Waals surface area contributed by atoms with Gasteiger partial charge in [0, 0.05) is 18.8 Å². The van der Waals surface area contributed by atoms with Crippen molar-refractivity contribution in [3.05, 3.63) is 62.6 Å². The Morgan fingerprint density at radius 2 is 2.00 bits per heavy atom. The van der Waals surface area contributed by atoms with E-state index in [1.54, 1.807) is 43.3 Å². The second kappa shape index (κ2) is 9.44. The van der Waals surface area contributed by atoms with Crippen LogP contribution in [0.25, 0.3) is 16.6 Å². The molecule has 8 nitrogen and oxygen atoms in total. The molecule has 0 radical (unpaired) electrons. The summed E-state index contributed by atoms with van der Waals surface area (Å²) < 4.78 is 1.37. The Labute approximate surface area is 182 Å². The minimum absolute atomic E-state index is 0.0136. The molecule has 0 saturated heterocycles. The maximum Gasteiger partial charge on any atom is 0.319 e. The van der Waals surface area contributed by atoms with Crippen LogP contribution in [0.15, 0.2) is 41.2 Å². The maximum absolute atomic E-state index is 13.3. The predicted molar refractivity (Wildman–Crippen MR) is 119 cm³/mol. The van der Waals surface area contributed by atoms with Gasteiger partial charge in [-0.05, 0) is 43.7 Å². The van der Waals surface area contributed by atoms with E-state index in [1.807, 2.05) is 0 Å². The first-order valence-electron chi connectivity index (χ1n) is 9.26. The summed E-state index contributed by atoms with van der Waals surface area (Å²) in [5.41, 5.74) is 6.89. The zero-order chi connectivity index (χ0) is 21.8. The molecule has 3 aromatic rings. The van der Waals surface area contributed by atoms with Gasteiger partial charge in [0.25, 0.3) is 5.56 Å². The highest BCUT2D eigenvalue weighted by molar-refractivity contribution is 6.39. The second-order valence-electron chi connectivity index (χ2n) is 6.66. The number of aromatic nitrogens is 2. The van der Waals surface area contributed by atoms with Gasteiger partial charge in [-0.2, -0.15) is 0 Å². The lowest BCUT2D eigenvalue weighted by molar-refractivity contribution is 0.249. The predicted octanol–water partition coefficient (Wildman–Crippen LogP) is 3.22. The fraction of sp³-hybridized carbons (Fsp3) is 0.250. The first-order chi connectivity index (χ1) is 14.3. The summed E-state index contributed by atoms with van der Waals surface area (Å²) in [6.07, 6.45) is 0.451. The van der Waals surface area contributed by atoms with Crippen molar-refractivity contribution in [3.8, 4) is 5.69 Å². The number of nitrogens with two attached hydrogens (primary N) is 1. The van der Waals surface area contributed by atoms with Crippen molar-refractivity contribution in [3.63, 3.8) is 0 Å². The summed E-state index contributed by atoms with van der Waals surface area (Å²) in [7, 11) is 0. The van der Waals surface area contributed by atoms with Gasteiger partial charge in [0.1, 0.15) is 5.82 Å². The Morgan fingerprint density at radius 1 is 1.27 bits per heavy atom. The van der Waals surface area contributed by atoms with Crippen LogP contribution < -0.4 is 21.9 Å². The van der Waals surface area contributed by atoms with Gasteiger partial charge in [-0.3, -0.25) is 9.36 Å². The molecule has 0 bridgehead atoms.